The number of para-hydroxylation sites is 2. The second-order valence-corrected chi connectivity index (χ2v) is 8.22. The first-order chi connectivity index (χ1) is 16.7. The molecule has 0 saturated heterocycles. The molecule has 0 spiro atoms. The average molecular weight is 444 g/mol. The Hall–Kier alpha value is -4.58. The SMILES string of the molecule is O=C(Nc1ccccc1-c1nc(Nc2ccc3c(c2)C=NC3)c2ccccc2n1)C1=CCC=C1. The molecule has 1 aliphatic heterocycles. The lowest BCUT2D eigenvalue weighted by Gasteiger charge is -2.14. The van der Waals surface area contributed by atoms with E-state index in [0.29, 0.717) is 22.9 Å². The number of aliphatic imine (C=N–C) groups is 1. The Kier molecular flexibility index (Phi) is 4.96. The predicted octanol–water partition coefficient (Wildman–Crippen LogP) is 5.80. The van der Waals surface area contributed by atoms with Crippen molar-refractivity contribution in [3.8, 4) is 11.4 Å². The Morgan fingerprint density at radius 3 is 2.74 bits per heavy atom. The smallest absolute Gasteiger partial charge is 0.255 e. The van der Waals surface area contributed by atoms with Crippen molar-refractivity contribution < 1.29 is 4.79 Å². The van der Waals surface area contributed by atoms with Crippen LogP contribution in [0.2, 0.25) is 0 Å². The van der Waals surface area contributed by atoms with Gasteiger partial charge >= 0.3 is 0 Å². The lowest BCUT2D eigenvalue weighted by Crippen LogP contribution is -2.13. The number of nitrogens with one attached hydrogen (secondary N) is 2. The quantitative estimate of drug-likeness (QED) is 0.409. The first kappa shape index (κ1) is 20.1. The molecule has 6 nitrogen and oxygen atoms in total. The van der Waals surface area contributed by atoms with Gasteiger partial charge in [0.25, 0.3) is 5.91 Å². The van der Waals surface area contributed by atoms with Gasteiger partial charge in [-0.1, -0.05) is 48.6 Å². The molecule has 164 valence electrons. The Balaban J connectivity index is 1.41. The number of amides is 1. The van der Waals surface area contributed by atoms with E-state index in [0.717, 1.165) is 40.7 Å². The summed E-state index contributed by atoms with van der Waals surface area (Å²) >= 11 is 0. The van der Waals surface area contributed by atoms with Gasteiger partial charge in [0.15, 0.2) is 5.82 Å². The fourth-order valence-corrected chi connectivity index (χ4v) is 4.22. The number of rotatable bonds is 5. The summed E-state index contributed by atoms with van der Waals surface area (Å²) < 4.78 is 0. The molecule has 34 heavy (non-hydrogen) atoms. The van der Waals surface area contributed by atoms with Gasteiger partial charge < -0.3 is 10.6 Å². The van der Waals surface area contributed by atoms with Gasteiger partial charge in [-0.3, -0.25) is 9.79 Å². The highest BCUT2D eigenvalue weighted by molar-refractivity contribution is 6.08. The maximum absolute atomic E-state index is 12.7. The van der Waals surface area contributed by atoms with Gasteiger partial charge in [-0.05, 0) is 53.9 Å². The molecule has 1 amide bonds. The van der Waals surface area contributed by atoms with E-state index in [1.54, 1.807) is 0 Å². The van der Waals surface area contributed by atoms with Crippen LogP contribution in [0.3, 0.4) is 0 Å². The number of aromatic nitrogens is 2. The van der Waals surface area contributed by atoms with Gasteiger partial charge in [0.05, 0.1) is 17.7 Å². The van der Waals surface area contributed by atoms with Crippen LogP contribution in [0.5, 0.6) is 0 Å². The van der Waals surface area contributed by atoms with Crippen molar-refractivity contribution in [2.45, 2.75) is 13.0 Å². The summed E-state index contributed by atoms with van der Waals surface area (Å²) in [6, 6.07) is 21.7. The standard InChI is InChI=1S/C28H21N5O/c34-28(18-7-1-2-8-18)32-25-12-6-4-10-23(25)27-31-24-11-5-3-9-22(24)26(33-27)30-21-14-13-19-16-29-17-20(19)15-21/h1,3-15,17H,2,16H2,(H,32,34)(H,30,31,33). The zero-order valence-electron chi connectivity index (χ0n) is 18.3. The second kappa shape index (κ2) is 8.41. The molecule has 0 fully saturated rings. The summed E-state index contributed by atoms with van der Waals surface area (Å²) in [6.45, 7) is 0.728. The number of allylic oxidation sites excluding steroid dienone is 2. The molecule has 0 saturated carbocycles. The molecule has 3 aromatic carbocycles. The summed E-state index contributed by atoms with van der Waals surface area (Å²) in [5.41, 5.74) is 6.18. The first-order valence-corrected chi connectivity index (χ1v) is 11.2. The minimum atomic E-state index is -0.139. The lowest BCUT2D eigenvalue weighted by molar-refractivity contribution is -0.112. The zero-order chi connectivity index (χ0) is 22.9. The molecule has 2 aliphatic rings. The molecule has 0 radical (unpaired) electrons. The zero-order valence-corrected chi connectivity index (χ0v) is 18.3. The predicted molar refractivity (Wildman–Crippen MR) is 136 cm³/mol. The van der Waals surface area contributed by atoms with Crippen LogP contribution in [0.4, 0.5) is 17.2 Å². The molecule has 1 aliphatic carbocycles. The molecule has 4 aromatic rings. The highest BCUT2D eigenvalue weighted by atomic mass is 16.1. The largest absolute Gasteiger partial charge is 0.340 e. The van der Waals surface area contributed by atoms with Crippen molar-refractivity contribution in [2.75, 3.05) is 10.6 Å². The van der Waals surface area contributed by atoms with Crippen LogP contribution in [-0.4, -0.2) is 22.1 Å². The molecular formula is C28H21N5O. The monoisotopic (exact) mass is 443 g/mol. The first-order valence-electron chi connectivity index (χ1n) is 11.2. The summed E-state index contributed by atoms with van der Waals surface area (Å²) in [7, 11) is 0. The molecular weight excluding hydrogens is 422 g/mol. The lowest BCUT2D eigenvalue weighted by atomic mass is 10.1. The second-order valence-electron chi connectivity index (χ2n) is 8.22. The van der Waals surface area contributed by atoms with Crippen LogP contribution in [0.1, 0.15) is 17.5 Å². The highest BCUT2D eigenvalue weighted by Gasteiger charge is 2.16. The number of carbonyl (C=O) groups is 1. The number of fused-ring (bicyclic) bond motifs is 2. The van der Waals surface area contributed by atoms with E-state index in [1.807, 2.05) is 79.0 Å². The summed E-state index contributed by atoms with van der Waals surface area (Å²) in [6.07, 6.45) is 8.40. The number of hydrogen-bond donors (Lipinski definition) is 2. The van der Waals surface area contributed by atoms with Crippen molar-refractivity contribution in [1.82, 2.24) is 9.97 Å². The Morgan fingerprint density at radius 2 is 1.82 bits per heavy atom. The minimum absolute atomic E-state index is 0.139. The number of hydrogen-bond acceptors (Lipinski definition) is 5. The van der Waals surface area contributed by atoms with Crippen molar-refractivity contribution in [3.05, 3.63) is 102 Å². The maximum Gasteiger partial charge on any atom is 0.255 e. The third-order valence-corrected chi connectivity index (χ3v) is 5.95. The van der Waals surface area contributed by atoms with Gasteiger partial charge in [-0.25, -0.2) is 9.97 Å². The van der Waals surface area contributed by atoms with Crippen LogP contribution in [-0.2, 0) is 11.3 Å². The van der Waals surface area contributed by atoms with Gasteiger partial charge in [0.2, 0.25) is 0 Å². The van der Waals surface area contributed by atoms with Gasteiger partial charge in [0, 0.05) is 28.4 Å². The Labute approximate surface area is 196 Å². The Bertz CT molecular complexity index is 1530. The van der Waals surface area contributed by atoms with E-state index in [9.17, 15) is 4.79 Å². The van der Waals surface area contributed by atoms with Crippen molar-refractivity contribution in [3.63, 3.8) is 0 Å². The van der Waals surface area contributed by atoms with Gasteiger partial charge in [0.1, 0.15) is 5.82 Å². The normalized spacial score (nSPS) is 13.7. The fraction of sp³-hybridized carbons (Fsp3) is 0.0714. The number of anilines is 3. The van der Waals surface area contributed by atoms with Gasteiger partial charge in [-0.15, -0.1) is 0 Å². The van der Waals surface area contributed by atoms with Crippen molar-refractivity contribution in [2.24, 2.45) is 4.99 Å². The van der Waals surface area contributed by atoms with E-state index < -0.39 is 0 Å². The van der Waals surface area contributed by atoms with Crippen LogP contribution < -0.4 is 10.6 Å². The van der Waals surface area contributed by atoms with E-state index in [-0.39, 0.29) is 5.91 Å². The van der Waals surface area contributed by atoms with E-state index in [1.165, 1.54) is 5.56 Å². The maximum atomic E-state index is 12.7. The molecule has 1 aromatic heterocycles. The molecule has 2 heterocycles. The molecule has 0 bridgehead atoms. The number of benzene rings is 3. The molecule has 6 heteroatoms. The van der Waals surface area contributed by atoms with E-state index in [4.69, 9.17) is 9.97 Å². The molecule has 0 atom stereocenters. The third-order valence-electron chi connectivity index (χ3n) is 5.95. The van der Waals surface area contributed by atoms with E-state index in [2.05, 4.69) is 27.8 Å². The van der Waals surface area contributed by atoms with Gasteiger partial charge in [-0.2, -0.15) is 0 Å². The summed E-state index contributed by atoms with van der Waals surface area (Å²) in [4.78, 5) is 26.8. The Morgan fingerprint density at radius 1 is 0.941 bits per heavy atom. The third kappa shape index (κ3) is 3.75. The van der Waals surface area contributed by atoms with Crippen LogP contribution in [0, 0.1) is 0 Å². The van der Waals surface area contributed by atoms with Crippen LogP contribution in [0.15, 0.2) is 95.5 Å². The number of nitrogens with zero attached hydrogens (tertiary/aromatic N) is 3. The fourth-order valence-electron chi connectivity index (χ4n) is 4.22. The van der Waals surface area contributed by atoms with Crippen molar-refractivity contribution in [1.29, 1.82) is 0 Å². The molecule has 6 rings (SSSR count). The summed E-state index contributed by atoms with van der Waals surface area (Å²) in [5.74, 6) is 1.11. The van der Waals surface area contributed by atoms with E-state index >= 15 is 0 Å². The van der Waals surface area contributed by atoms with Crippen LogP contribution >= 0.6 is 0 Å². The highest BCUT2D eigenvalue weighted by Crippen LogP contribution is 2.32. The number of carbonyl (C=O) groups excluding carboxylic acids is 1. The molecule has 0 unspecified atom stereocenters. The molecule has 2 N–H and O–H groups in total. The summed E-state index contributed by atoms with van der Waals surface area (Å²) in [5, 5.41) is 7.42. The average Bonchev–Trinajstić information content (AvgIpc) is 3.56. The topological polar surface area (TPSA) is 79.3 Å². The van der Waals surface area contributed by atoms with Crippen molar-refractivity contribution >= 4 is 40.2 Å². The van der Waals surface area contributed by atoms with Crippen LogP contribution in [0.25, 0.3) is 22.3 Å². The minimum Gasteiger partial charge on any atom is -0.340 e.